The molecule has 0 aromatic heterocycles. The first-order valence-electron chi connectivity index (χ1n) is 9.02. The quantitative estimate of drug-likeness (QED) is 0.309. The van der Waals surface area contributed by atoms with Crippen LogP contribution in [0, 0.1) is 11.3 Å². The minimum absolute atomic E-state index is 0. The van der Waals surface area contributed by atoms with Gasteiger partial charge in [0.25, 0.3) is 0 Å². The predicted molar refractivity (Wildman–Crippen MR) is 117 cm³/mol. The van der Waals surface area contributed by atoms with Crippen LogP contribution in [-0.4, -0.2) is 50.6 Å². The second-order valence-corrected chi connectivity index (χ2v) is 7.51. The number of halogens is 1. The van der Waals surface area contributed by atoms with Crippen molar-refractivity contribution in [2.75, 3.05) is 33.8 Å². The number of hydrogen-bond acceptors (Lipinski definition) is 3. The topological polar surface area (TPSA) is 53.9 Å². The molecule has 0 amide bonds. The largest absolute Gasteiger partial charge is 0.469 e. The number of hydrogen-bond donors (Lipinski definition) is 1. The molecule has 0 spiro atoms. The molecule has 1 aliphatic heterocycles. The Morgan fingerprint density at radius 3 is 2.42 bits per heavy atom. The number of nitrogens with zero attached hydrogens (tertiary/aromatic N) is 2. The SMILES string of the molecule is CN=C(NCC(C)(C)Cc1ccccc1)N1CCC(C(=O)OC)CC1.I. The van der Waals surface area contributed by atoms with Crippen LogP contribution in [0.3, 0.4) is 0 Å². The molecule has 1 aromatic rings. The molecule has 1 aliphatic rings. The number of carbonyl (C=O) groups excluding carboxylic acids is 1. The molecule has 2 rings (SSSR count). The van der Waals surface area contributed by atoms with Gasteiger partial charge in [-0.2, -0.15) is 0 Å². The van der Waals surface area contributed by atoms with E-state index in [1.165, 1.54) is 12.7 Å². The number of benzene rings is 1. The molecule has 0 aliphatic carbocycles. The fourth-order valence-corrected chi connectivity index (χ4v) is 3.36. The van der Waals surface area contributed by atoms with Crippen LogP contribution in [0.25, 0.3) is 0 Å². The number of nitrogens with one attached hydrogen (secondary N) is 1. The van der Waals surface area contributed by atoms with E-state index in [4.69, 9.17) is 4.74 Å². The second-order valence-electron chi connectivity index (χ2n) is 7.51. The maximum absolute atomic E-state index is 11.7. The number of aliphatic imine (C=N–C) groups is 1. The molecule has 0 saturated carbocycles. The highest BCUT2D eigenvalue weighted by Gasteiger charge is 2.27. The van der Waals surface area contributed by atoms with Gasteiger partial charge in [-0.25, -0.2) is 0 Å². The number of rotatable bonds is 5. The van der Waals surface area contributed by atoms with E-state index in [-0.39, 0.29) is 41.3 Å². The van der Waals surface area contributed by atoms with Crippen molar-refractivity contribution in [2.45, 2.75) is 33.1 Å². The van der Waals surface area contributed by atoms with E-state index in [9.17, 15) is 4.79 Å². The highest BCUT2D eigenvalue weighted by atomic mass is 127. The van der Waals surface area contributed by atoms with Crippen molar-refractivity contribution in [3.05, 3.63) is 35.9 Å². The summed E-state index contributed by atoms with van der Waals surface area (Å²) in [5, 5.41) is 3.52. The average Bonchev–Trinajstić information content (AvgIpc) is 2.62. The van der Waals surface area contributed by atoms with Crippen molar-refractivity contribution < 1.29 is 9.53 Å². The highest BCUT2D eigenvalue weighted by Crippen LogP contribution is 2.22. The van der Waals surface area contributed by atoms with Gasteiger partial charge in [-0.15, -0.1) is 24.0 Å². The molecule has 1 saturated heterocycles. The van der Waals surface area contributed by atoms with Gasteiger partial charge in [0.05, 0.1) is 13.0 Å². The smallest absolute Gasteiger partial charge is 0.308 e. The molecule has 5 nitrogen and oxygen atoms in total. The first kappa shape index (κ1) is 22.7. The number of methoxy groups -OCH3 is 1. The molecule has 6 heteroatoms. The van der Waals surface area contributed by atoms with Gasteiger partial charge in [0.1, 0.15) is 0 Å². The fourth-order valence-electron chi connectivity index (χ4n) is 3.36. The zero-order valence-electron chi connectivity index (χ0n) is 16.3. The monoisotopic (exact) mass is 473 g/mol. The molecule has 0 radical (unpaired) electrons. The number of likely N-dealkylation sites (tertiary alicyclic amines) is 1. The third kappa shape index (κ3) is 6.78. The lowest BCUT2D eigenvalue weighted by Gasteiger charge is -2.35. The highest BCUT2D eigenvalue weighted by molar-refractivity contribution is 14.0. The summed E-state index contributed by atoms with van der Waals surface area (Å²) in [6, 6.07) is 10.6. The van der Waals surface area contributed by atoms with Crippen molar-refractivity contribution in [1.29, 1.82) is 0 Å². The molecule has 1 N–H and O–H groups in total. The Morgan fingerprint density at radius 1 is 1.27 bits per heavy atom. The number of piperidine rings is 1. The fraction of sp³-hybridized carbons (Fsp3) is 0.600. The van der Waals surface area contributed by atoms with Gasteiger partial charge in [0, 0.05) is 26.7 Å². The van der Waals surface area contributed by atoms with Crippen molar-refractivity contribution in [2.24, 2.45) is 16.3 Å². The van der Waals surface area contributed by atoms with Crippen LogP contribution in [0.2, 0.25) is 0 Å². The molecular formula is C20H32IN3O2. The zero-order valence-corrected chi connectivity index (χ0v) is 18.7. The van der Waals surface area contributed by atoms with Crippen molar-refractivity contribution in [3.63, 3.8) is 0 Å². The maximum atomic E-state index is 11.7. The summed E-state index contributed by atoms with van der Waals surface area (Å²) < 4.78 is 4.86. The lowest BCUT2D eigenvalue weighted by atomic mass is 9.86. The number of esters is 1. The van der Waals surface area contributed by atoms with E-state index >= 15 is 0 Å². The molecule has 0 unspecified atom stereocenters. The van der Waals surface area contributed by atoms with Crippen LogP contribution < -0.4 is 5.32 Å². The van der Waals surface area contributed by atoms with E-state index < -0.39 is 0 Å². The zero-order chi connectivity index (χ0) is 18.3. The summed E-state index contributed by atoms with van der Waals surface area (Å²) in [5.74, 6) is 0.852. The minimum Gasteiger partial charge on any atom is -0.469 e. The van der Waals surface area contributed by atoms with E-state index in [1.54, 1.807) is 0 Å². The summed E-state index contributed by atoms with van der Waals surface area (Å²) in [7, 11) is 3.28. The van der Waals surface area contributed by atoms with Crippen LogP contribution >= 0.6 is 24.0 Å². The van der Waals surface area contributed by atoms with Gasteiger partial charge < -0.3 is 15.0 Å². The third-order valence-corrected chi connectivity index (χ3v) is 4.79. The molecule has 1 fully saturated rings. The standard InChI is InChI=1S/C20H31N3O2.HI/c1-20(2,14-16-8-6-5-7-9-16)15-22-19(21-3)23-12-10-17(11-13-23)18(24)25-4;/h5-9,17H,10-15H2,1-4H3,(H,21,22);1H. The van der Waals surface area contributed by atoms with E-state index in [0.717, 1.165) is 44.9 Å². The Hall–Kier alpha value is -1.31. The van der Waals surface area contributed by atoms with Crippen LogP contribution in [-0.2, 0) is 16.0 Å². The Kier molecular flexibility index (Phi) is 9.39. The van der Waals surface area contributed by atoms with E-state index in [2.05, 4.69) is 59.4 Å². The molecule has 1 aromatic carbocycles. The second kappa shape index (κ2) is 10.7. The van der Waals surface area contributed by atoms with Crippen LogP contribution in [0.1, 0.15) is 32.3 Å². The van der Waals surface area contributed by atoms with Crippen LogP contribution in [0.4, 0.5) is 0 Å². The van der Waals surface area contributed by atoms with Crippen molar-refractivity contribution in [3.8, 4) is 0 Å². The van der Waals surface area contributed by atoms with Gasteiger partial charge >= 0.3 is 5.97 Å². The average molecular weight is 473 g/mol. The minimum atomic E-state index is -0.0911. The number of guanidine groups is 1. The van der Waals surface area contributed by atoms with E-state index in [0.29, 0.717) is 0 Å². The van der Waals surface area contributed by atoms with Crippen molar-refractivity contribution >= 4 is 35.9 Å². The van der Waals surface area contributed by atoms with Gasteiger partial charge in [-0.05, 0) is 30.2 Å². The Balaban J connectivity index is 0.00000338. The summed E-state index contributed by atoms with van der Waals surface area (Å²) >= 11 is 0. The first-order chi connectivity index (χ1) is 11.9. The lowest BCUT2D eigenvalue weighted by Crippen LogP contribution is -2.48. The molecule has 0 bridgehead atoms. The summed E-state index contributed by atoms with van der Waals surface area (Å²) in [6.07, 6.45) is 2.66. The Labute approximate surface area is 174 Å². The third-order valence-electron chi connectivity index (χ3n) is 4.79. The maximum Gasteiger partial charge on any atom is 0.308 e. The van der Waals surface area contributed by atoms with Gasteiger partial charge in [0.15, 0.2) is 5.96 Å². The number of carbonyl (C=O) groups is 1. The summed E-state index contributed by atoms with van der Waals surface area (Å²) in [6.45, 7) is 7.05. The van der Waals surface area contributed by atoms with E-state index in [1.807, 2.05) is 7.05 Å². The molecule has 0 atom stereocenters. The lowest BCUT2D eigenvalue weighted by molar-refractivity contribution is -0.146. The van der Waals surface area contributed by atoms with Gasteiger partial charge in [0.2, 0.25) is 0 Å². The Bertz CT molecular complexity index is 582. The van der Waals surface area contributed by atoms with Crippen LogP contribution in [0.15, 0.2) is 35.3 Å². The van der Waals surface area contributed by atoms with Crippen LogP contribution in [0.5, 0.6) is 0 Å². The van der Waals surface area contributed by atoms with Crippen molar-refractivity contribution in [1.82, 2.24) is 10.2 Å². The molecular weight excluding hydrogens is 441 g/mol. The van der Waals surface area contributed by atoms with Gasteiger partial charge in [-0.3, -0.25) is 9.79 Å². The first-order valence-corrected chi connectivity index (χ1v) is 9.02. The predicted octanol–water partition coefficient (Wildman–Crippen LogP) is 3.33. The summed E-state index contributed by atoms with van der Waals surface area (Å²) in [4.78, 5) is 18.3. The molecule has 146 valence electrons. The molecule has 1 heterocycles. The van der Waals surface area contributed by atoms with Gasteiger partial charge in [-0.1, -0.05) is 44.2 Å². The normalized spacial score (nSPS) is 16.0. The number of ether oxygens (including phenoxy) is 1. The summed E-state index contributed by atoms with van der Waals surface area (Å²) in [5.41, 5.74) is 1.48. The molecule has 26 heavy (non-hydrogen) atoms. The Morgan fingerprint density at radius 2 is 1.88 bits per heavy atom.